The third-order valence-corrected chi connectivity index (χ3v) is 8.02. The molecule has 4 nitrogen and oxygen atoms in total. The summed E-state index contributed by atoms with van der Waals surface area (Å²) in [5.41, 5.74) is 1.90. The van der Waals surface area contributed by atoms with Gasteiger partial charge in [0, 0.05) is 23.4 Å². The third kappa shape index (κ3) is 8.08. The first kappa shape index (κ1) is 27.2. The van der Waals surface area contributed by atoms with Crippen LogP contribution in [-0.2, 0) is 21.9 Å². The summed E-state index contributed by atoms with van der Waals surface area (Å²) >= 11 is 19.9. The molecule has 2 aromatic carbocycles. The van der Waals surface area contributed by atoms with E-state index >= 15 is 0 Å². The SMILES string of the molecule is CCC(C(=O)NC1CCCCC1)N(Cc1ccc(Cl)c(Cl)c1)C(=O)CSCc1cccc(Cl)c1. The lowest BCUT2D eigenvalue weighted by Crippen LogP contribution is -2.52. The van der Waals surface area contributed by atoms with Crippen molar-refractivity contribution in [1.29, 1.82) is 0 Å². The van der Waals surface area contributed by atoms with Crippen molar-refractivity contribution in [2.24, 2.45) is 0 Å². The average molecular weight is 542 g/mol. The number of benzene rings is 2. The molecule has 1 N–H and O–H groups in total. The van der Waals surface area contributed by atoms with E-state index in [9.17, 15) is 9.59 Å². The highest BCUT2D eigenvalue weighted by atomic mass is 35.5. The first-order valence-electron chi connectivity index (χ1n) is 11.7. The molecular formula is C26H31Cl3N2O2S. The Hall–Kier alpha value is -1.40. The molecule has 0 spiro atoms. The minimum absolute atomic E-state index is 0.0799. The van der Waals surface area contributed by atoms with Crippen molar-refractivity contribution >= 4 is 58.4 Å². The topological polar surface area (TPSA) is 49.4 Å². The number of nitrogens with one attached hydrogen (secondary N) is 1. The van der Waals surface area contributed by atoms with E-state index in [0.717, 1.165) is 36.8 Å². The van der Waals surface area contributed by atoms with Gasteiger partial charge in [-0.05, 0) is 54.7 Å². The summed E-state index contributed by atoms with van der Waals surface area (Å²) < 4.78 is 0. The van der Waals surface area contributed by atoms with E-state index < -0.39 is 6.04 Å². The van der Waals surface area contributed by atoms with Gasteiger partial charge in [0.15, 0.2) is 0 Å². The smallest absolute Gasteiger partial charge is 0.243 e. The zero-order valence-corrected chi connectivity index (χ0v) is 22.5. The molecule has 1 aliphatic rings. The van der Waals surface area contributed by atoms with Crippen LogP contribution in [0.15, 0.2) is 42.5 Å². The van der Waals surface area contributed by atoms with Gasteiger partial charge in [0.05, 0.1) is 15.8 Å². The van der Waals surface area contributed by atoms with Crippen LogP contribution in [0.5, 0.6) is 0 Å². The Morgan fingerprint density at radius 3 is 2.47 bits per heavy atom. The number of rotatable bonds is 10. The molecular weight excluding hydrogens is 511 g/mol. The van der Waals surface area contributed by atoms with Crippen LogP contribution in [-0.4, -0.2) is 34.6 Å². The first-order valence-corrected chi connectivity index (χ1v) is 14.0. The highest BCUT2D eigenvalue weighted by Crippen LogP contribution is 2.25. The molecule has 0 aliphatic heterocycles. The highest BCUT2D eigenvalue weighted by molar-refractivity contribution is 7.99. The summed E-state index contributed by atoms with van der Waals surface area (Å²) in [4.78, 5) is 28.3. The molecule has 1 atom stereocenters. The van der Waals surface area contributed by atoms with E-state index in [2.05, 4.69) is 5.32 Å². The van der Waals surface area contributed by atoms with E-state index in [0.29, 0.717) is 33.8 Å². The van der Waals surface area contributed by atoms with Crippen LogP contribution in [0.1, 0.15) is 56.6 Å². The largest absolute Gasteiger partial charge is 0.352 e. The Balaban J connectivity index is 1.72. The van der Waals surface area contributed by atoms with Gasteiger partial charge in [-0.1, -0.05) is 79.2 Å². The van der Waals surface area contributed by atoms with Crippen molar-refractivity contribution < 1.29 is 9.59 Å². The average Bonchev–Trinajstić information content (AvgIpc) is 2.82. The van der Waals surface area contributed by atoms with E-state index in [1.54, 1.807) is 17.0 Å². The summed E-state index contributed by atoms with van der Waals surface area (Å²) in [5, 5.41) is 4.77. The lowest BCUT2D eigenvalue weighted by Gasteiger charge is -2.33. The molecule has 34 heavy (non-hydrogen) atoms. The maximum Gasteiger partial charge on any atom is 0.243 e. The summed E-state index contributed by atoms with van der Waals surface area (Å²) in [5.74, 6) is 0.769. The number of amides is 2. The van der Waals surface area contributed by atoms with Crippen LogP contribution < -0.4 is 5.32 Å². The minimum Gasteiger partial charge on any atom is -0.352 e. The van der Waals surface area contributed by atoms with Gasteiger partial charge >= 0.3 is 0 Å². The van der Waals surface area contributed by atoms with E-state index in [1.807, 2.05) is 37.3 Å². The van der Waals surface area contributed by atoms with E-state index in [4.69, 9.17) is 34.8 Å². The molecule has 0 heterocycles. The molecule has 1 unspecified atom stereocenters. The summed E-state index contributed by atoms with van der Waals surface area (Å²) in [6, 6.07) is 12.6. The Labute approximate surface area is 221 Å². The fourth-order valence-electron chi connectivity index (χ4n) is 4.26. The van der Waals surface area contributed by atoms with Crippen molar-refractivity contribution in [3.8, 4) is 0 Å². The van der Waals surface area contributed by atoms with Crippen molar-refractivity contribution in [3.05, 3.63) is 68.7 Å². The maximum atomic E-state index is 13.4. The highest BCUT2D eigenvalue weighted by Gasteiger charge is 2.30. The number of halogens is 3. The standard InChI is InChI=1S/C26H31Cl3N2O2S/c1-2-24(26(33)30-21-9-4-3-5-10-21)31(15-18-11-12-22(28)23(29)14-18)25(32)17-34-16-19-7-6-8-20(27)13-19/h6-8,11-14,21,24H,2-5,9-10,15-17H2,1H3,(H,30,33). The van der Waals surface area contributed by atoms with Crippen LogP contribution in [0.3, 0.4) is 0 Å². The molecule has 8 heteroatoms. The second kappa shape index (κ2) is 13.6. The van der Waals surface area contributed by atoms with Crippen LogP contribution >= 0.6 is 46.6 Å². The maximum absolute atomic E-state index is 13.4. The Morgan fingerprint density at radius 1 is 1.03 bits per heavy atom. The number of hydrogen-bond acceptors (Lipinski definition) is 3. The molecule has 2 aromatic rings. The lowest BCUT2D eigenvalue weighted by molar-refractivity contribution is -0.139. The fourth-order valence-corrected chi connectivity index (χ4v) is 5.66. The molecule has 1 fully saturated rings. The van der Waals surface area contributed by atoms with Crippen LogP contribution in [0, 0.1) is 0 Å². The molecule has 0 saturated heterocycles. The Morgan fingerprint density at radius 2 is 1.79 bits per heavy atom. The molecule has 3 rings (SSSR count). The minimum atomic E-state index is -0.546. The molecule has 184 valence electrons. The van der Waals surface area contributed by atoms with Gasteiger partial charge in [0.25, 0.3) is 0 Å². The van der Waals surface area contributed by atoms with Crippen LogP contribution in [0.25, 0.3) is 0 Å². The van der Waals surface area contributed by atoms with Crippen LogP contribution in [0.2, 0.25) is 15.1 Å². The quantitative estimate of drug-likeness (QED) is 0.348. The Bertz CT molecular complexity index is 982. The molecule has 0 radical (unpaired) electrons. The van der Waals surface area contributed by atoms with Crippen molar-refractivity contribution in [2.75, 3.05) is 5.75 Å². The van der Waals surface area contributed by atoms with Gasteiger partial charge in [-0.2, -0.15) is 0 Å². The molecule has 1 saturated carbocycles. The van der Waals surface area contributed by atoms with Gasteiger partial charge in [0.1, 0.15) is 6.04 Å². The summed E-state index contributed by atoms with van der Waals surface area (Å²) in [7, 11) is 0. The molecule has 1 aliphatic carbocycles. The lowest BCUT2D eigenvalue weighted by atomic mass is 9.95. The third-order valence-electron chi connectivity index (χ3n) is 6.06. The van der Waals surface area contributed by atoms with Gasteiger partial charge in [-0.3, -0.25) is 9.59 Å². The van der Waals surface area contributed by atoms with Gasteiger partial charge in [-0.15, -0.1) is 11.8 Å². The zero-order chi connectivity index (χ0) is 24.5. The predicted molar refractivity (Wildman–Crippen MR) is 144 cm³/mol. The van der Waals surface area contributed by atoms with Gasteiger partial charge in [-0.25, -0.2) is 0 Å². The summed E-state index contributed by atoms with van der Waals surface area (Å²) in [6.45, 7) is 2.24. The van der Waals surface area contributed by atoms with E-state index in [-0.39, 0.29) is 23.6 Å². The van der Waals surface area contributed by atoms with E-state index in [1.165, 1.54) is 18.2 Å². The summed E-state index contributed by atoms with van der Waals surface area (Å²) in [6.07, 6.45) is 6.01. The molecule has 2 amide bonds. The van der Waals surface area contributed by atoms with Crippen molar-refractivity contribution in [1.82, 2.24) is 10.2 Å². The second-order valence-corrected chi connectivity index (χ2v) is 10.9. The number of hydrogen-bond donors (Lipinski definition) is 1. The number of carbonyl (C=O) groups excluding carboxylic acids is 2. The van der Waals surface area contributed by atoms with Crippen LogP contribution in [0.4, 0.5) is 0 Å². The fraction of sp³-hybridized carbons (Fsp3) is 0.462. The van der Waals surface area contributed by atoms with Crippen molar-refractivity contribution in [3.63, 3.8) is 0 Å². The number of thioether (sulfide) groups is 1. The molecule has 0 bridgehead atoms. The number of carbonyl (C=O) groups is 2. The van der Waals surface area contributed by atoms with Gasteiger partial charge in [0.2, 0.25) is 11.8 Å². The zero-order valence-electron chi connectivity index (χ0n) is 19.4. The second-order valence-electron chi connectivity index (χ2n) is 8.66. The Kier molecular flexibility index (Phi) is 10.9. The first-order chi connectivity index (χ1) is 16.4. The van der Waals surface area contributed by atoms with Gasteiger partial charge < -0.3 is 10.2 Å². The molecule has 0 aromatic heterocycles. The normalized spacial score (nSPS) is 15.1. The monoisotopic (exact) mass is 540 g/mol. The number of nitrogens with zero attached hydrogens (tertiary/aromatic N) is 1. The van der Waals surface area contributed by atoms with Crippen molar-refractivity contribution in [2.45, 2.75) is 69.8 Å². The predicted octanol–water partition coefficient (Wildman–Crippen LogP) is 7.14.